The summed E-state index contributed by atoms with van der Waals surface area (Å²) in [5.41, 5.74) is 0.666. The highest BCUT2D eigenvalue weighted by Gasteiger charge is 2.18. The SMILES string of the molecule is O=C(NC1CCOC1)c1ccc(S)cc1. The van der Waals surface area contributed by atoms with Crippen LogP contribution in [-0.4, -0.2) is 25.2 Å². The third-order valence-electron chi connectivity index (χ3n) is 2.39. The number of thiol groups is 1. The number of nitrogens with one attached hydrogen (secondary N) is 1. The zero-order chi connectivity index (χ0) is 10.7. The van der Waals surface area contributed by atoms with Crippen molar-refractivity contribution in [1.82, 2.24) is 5.32 Å². The Kier molecular flexibility index (Phi) is 3.28. The minimum atomic E-state index is -0.0427. The largest absolute Gasteiger partial charge is 0.379 e. The molecule has 1 aromatic rings. The number of carbonyl (C=O) groups is 1. The van der Waals surface area contributed by atoms with E-state index in [-0.39, 0.29) is 11.9 Å². The van der Waals surface area contributed by atoms with Gasteiger partial charge in [0, 0.05) is 17.1 Å². The van der Waals surface area contributed by atoms with Gasteiger partial charge in [-0.15, -0.1) is 12.6 Å². The Bertz CT molecular complexity index is 344. The van der Waals surface area contributed by atoms with Gasteiger partial charge in [-0.2, -0.15) is 0 Å². The predicted molar refractivity (Wildman–Crippen MR) is 60.4 cm³/mol. The van der Waals surface area contributed by atoms with Gasteiger partial charge in [0.15, 0.2) is 0 Å². The number of ether oxygens (including phenoxy) is 1. The van der Waals surface area contributed by atoms with Gasteiger partial charge in [-0.05, 0) is 30.7 Å². The van der Waals surface area contributed by atoms with E-state index in [1.807, 2.05) is 12.1 Å². The van der Waals surface area contributed by atoms with Gasteiger partial charge in [-0.3, -0.25) is 4.79 Å². The average Bonchev–Trinajstić information content (AvgIpc) is 2.71. The van der Waals surface area contributed by atoms with Crippen molar-refractivity contribution < 1.29 is 9.53 Å². The lowest BCUT2D eigenvalue weighted by atomic mass is 10.2. The summed E-state index contributed by atoms with van der Waals surface area (Å²) in [5, 5.41) is 2.93. The van der Waals surface area contributed by atoms with E-state index in [9.17, 15) is 4.79 Å². The number of benzene rings is 1. The van der Waals surface area contributed by atoms with E-state index in [0.29, 0.717) is 12.2 Å². The maximum Gasteiger partial charge on any atom is 0.251 e. The van der Waals surface area contributed by atoms with Crippen LogP contribution in [0.1, 0.15) is 16.8 Å². The molecule has 1 unspecified atom stereocenters. The normalized spacial score (nSPS) is 20.2. The van der Waals surface area contributed by atoms with Crippen LogP contribution in [0.4, 0.5) is 0 Å². The zero-order valence-corrected chi connectivity index (χ0v) is 9.17. The van der Waals surface area contributed by atoms with Gasteiger partial charge in [0.25, 0.3) is 5.91 Å². The van der Waals surface area contributed by atoms with Crippen LogP contribution in [-0.2, 0) is 4.74 Å². The van der Waals surface area contributed by atoms with E-state index in [1.54, 1.807) is 12.1 Å². The first-order valence-corrected chi connectivity index (χ1v) is 5.38. The summed E-state index contributed by atoms with van der Waals surface area (Å²) in [4.78, 5) is 12.6. The lowest BCUT2D eigenvalue weighted by Crippen LogP contribution is -2.34. The number of amides is 1. The van der Waals surface area contributed by atoms with Crippen LogP contribution < -0.4 is 5.32 Å². The van der Waals surface area contributed by atoms with Gasteiger partial charge >= 0.3 is 0 Å². The molecule has 4 heteroatoms. The van der Waals surface area contributed by atoms with E-state index in [2.05, 4.69) is 17.9 Å². The second-order valence-corrected chi connectivity index (χ2v) is 4.10. The Morgan fingerprint density at radius 2 is 2.13 bits per heavy atom. The summed E-state index contributed by atoms with van der Waals surface area (Å²) in [6.07, 6.45) is 0.899. The van der Waals surface area contributed by atoms with E-state index < -0.39 is 0 Å². The maximum absolute atomic E-state index is 11.7. The fourth-order valence-corrected chi connectivity index (χ4v) is 1.68. The molecular formula is C11H13NO2S. The molecule has 1 N–H and O–H groups in total. The second kappa shape index (κ2) is 4.68. The van der Waals surface area contributed by atoms with Crippen LogP contribution in [0.25, 0.3) is 0 Å². The summed E-state index contributed by atoms with van der Waals surface area (Å²) < 4.78 is 5.19. The van der Waals surface area contributed by atoms with Crippen molar-refractivity contribution in [2.24, 2.45) is 0 Å². The molecule has 0 aliphatic carbocycles. The molecule has 1 saturated heterocycles. The van der Waals surface area contributed by atoms with Crippen molar-refractivity contribution in [2.45, 2.75) is 17.4 Å². The first-order chi connectivity index (χ1) is 7.25. The fraction of sp³-hybridized carbons (Fsp3) is 0.364. The molecule has 1 amide bonds. The molecule has 0 spiro atoms. The van der Waals surface area contributed by atoms with Gasteiger partial charge in [0.1, 0.15) is 0 Å². The van der Waals surface area contributed by atoms with Gasteiger partial charge in [-0.25, -0.2) is 0 Å². The third kappa shape index (κ3) is 2.73. The molecule has 15 heavy (non-hydrogen) atoms. The standard InChI is InChI=1S/C11H13NO2S/c13-11(12-9-5-6-14-7-9)8-1-3-10(15)4-2-8/h1-4,9,15H,5-7H2,(H,12,13). The Morgan fingerprint density at radius 3 is 2.73 bits per heavy atom. The summed E-state index contributed by atoms with van der Waals surface area (Å²) >= 11 is 4.17. The average molecular weight is 223 g/mol. The Hall–Kier alpha value is -1.00. The van der Waals surface area contributed by atoms with E-state index in [4.69, 9.17) is 4.74 Å². The monoisotopic (exact) mass is 223 g/mol. The molecule has 0 saturated carbocycles. The molecule has 0 aromatic heterocycles. The highest BCUT2D eigenvalue weighted by molar-refractivity contribution is 7.80. The molecule has 80 valence electrons. The number of carbonyl (C=O) groups excluding carboxylic acids is 1. The quantitative estimate of drug-likeness (QED) is 0.746. The highest BCUT2D eigenvalue weighted by atomic mass is 32.1. The molecule has 1 aliphatic heterocycles. The number of hydrogen-bond acceptors (Lipinski definition) is 3. The Morgan fingerprint density at radius 1 is 1.40 bits per heavy atom. The second-order valence-electron chi connectivity index (χ2n) is 3.58. The smallest absolute Gasteiger partial charge is 0.251 e. The third-order valence-corrected chi connectivity index (χ3v) is 2.69. The van der Waals surface area contributed by atoms with Gasteiger partial charge < -0.3 is 10.1 Å². The molecule has 1 heterocycles. The number of rotatable bonds is 2. The summed E-state index contributed by atoms with van der Waals surface area (Å²) in [5.74, 6) is -0.0427. The first-order valence-electron chi connectivity index (χ1n) is 4.93. The summed E-state index contributed by atoms with van der Waals surface area (Å²) in [7, 11) is 0. The van der Waals surface area contributed by atoms with Crippen LogP contribution in [0.3, 0.4) is 0 Å². The van der Waals surface area contributed by atoms with Crippen molar-refractivity contribution >= 4 is 18.5 Å². The van der Waals surface area contributed by atoms with Gasteiger partial charge in [0.05, 0.1) is 12.6 Å². The molecule has 0 radical (unpaired) electrons. The molecule has 1 fully saturated rings. The molecule has 0 bridgehead atoms. The topological polar surface area (TPSA) is 38.3 Å². The van der Waals surface area contributed by atoms with Crippen molar-refractivity contribution in [1.29, 1.82) is 0 Å². The highest BCUT2D eigenvalue weighted by Crippen LogP contribution is 2.09. The zero-order valence-electron chi connectivity index (χ0n) is 8.27. The van der Waals surface area contributed by atoms with E-state index in [0.717, 1.165) is 17.9 Å². The van der Waals surface area contributed by atoms with Crippen LogP contribution in [0, 0.1) is 0 Å². The lowest BCUT2D eigenvalue weighted by molar-refractivity contribution is 0.0930. The Balaban J connectivity index is 1.98. The first kappa shape index (κ1) is 10.5. The molecule has 1 aliphatic rings. The molecular weight excluding hydrogens is 210 g/mol. The summed E-state index contributed by atoms with van der Waals surface area (Å²) in [6.45, 7) is 1.36. The molecule has 3 nitrogen and oxygen atoms in total. The van der Waals surface area contributed by atoms with E-state index >= 15 is 0 Å². The minimum Gasteiger partial charge on any atom is -0.379 e. The van der Waals surface area contributed by atoms with E-state index in [1.165, 1.54) is 0 Å². The lowest BCUT2D eigenvalue weighted by Gasteiger charge is -2.10. The summed E-state index contributed by atoms with van der Waals surface area (Å²) in [6, 6.07) is 7.32. The number of hydrogen-bond donors (Lipinski definition) is 2. The molecule has 2 rings (SSSR count). The van der Waals surface area contributed by atoms with Crippen LogP contribution >= 0.6 is 12.6 Å². The fourth-order valence-electron chi connectivity index (χ4n) is 1.53. The predicted octanol–water partition coefficient (Wildman–Crippen LogP) is 1.49. The van der Waals surface area contributed by atoms with Crippen molar-refractivity contribution in [3.8, 4) is 0 Å². The van der Waals surface area contributed by atoms with Gasteiger partial charge in [-0.1, -0.05) is 0 Å². The van der Waals surface area contributed by atoms with Crippen molar-refractivity contribution in [3.05, 3.63) is 29.8 Å². The van der Waals surface area contributed by atoms with Crippen molar-refractivity contribution in [3.63, 3.8) is 0 Å². The molecule has 1 atom stereocenters. The van der Waals surface area contributed by atoms with Crippen LogP contribution in [0.2, 0.25) is 0 Å². The maximum atomic E-state index is 11.7. The minimum absolute atomic E-state index is 0.0427. The van der Waals surface area contributed by atoms with Gasteiger partial charge in [0.2, 0.25) is 0 Å². The van der Waals surface area contributed by atoms with Crippen molar-refractivity contribution in [2.75, 3.05) is 13.2 Å². The van der Waals surface area contributed by atoms with Crippen LogP contribution in [0.5, 0.6) is 0 Å². The Labute approximate surface area is 94.2 Å². The molecule has 1 aromatic carbocycles. The van der Waals surface area contributed by atoms with Crippen LogP contribution in [0.15, 0.2) is 29.2 Å².